The number of para-hydroxylation sites is 1. The number of anilines is 1. The number of hydrazine groups is 1. The number of nitrogens with zero attached hydrogens (tertiary/aromatic N) is 2. The monoisotopic (exact) mass is 504 g/mol. The predicted octanol–water partition coefficient (Wildman–Crippen LogP) is 4.86. The van der Waals surface area contributed by atoms with Gasteiger partial charge in [-0.05, 0) is 23.7 Å². The van der Waals surface area contributed by atoms with Gasteiger partial charge in [-0.1, -0.05) is 111 Å². The minimum absolute atomic E-state index is 0.0301. The molecule has 1 heterocycles. The largest absolute Gasteiger partial charge is 0.726 e. The zero-order chi connectivity index (χ0) is 25.4. The molecule has 0 aromatic heterocycles. The van der Waals surface area contributed by atoms with Crippen LogP contribution in [0.1, 0.15) is 78.1 Å². The molecule has 0 spiro atoms. The van der Waals surface area contributed by atoms with Crippen LogP contribution in [0, 0.1) is 0 Å². The molecule has 1 aliphatic rings. The van der Waals surface area contributed by atoms with Crippen LogP contribution in [0.25, 0.3) is 0 Å². The zero-order valence-corrected chi connectivity index (χ0v) is 21.8. The van der Waals surface area contributed by atoms with E-state index in [1.54, 1.807) is 0 Å². The summed E-state index contributed by atoms with van der Waals surface area (Å²) in [5.74, 6) is 0.901. The summed E-state index contributed by atoms with van der Waals surface area (Å²) >= 11 is 0. The van der Waals surface area contributed by atoms with Crippen molar-refractivity contribution in [3.8, 4) is 0 Å². The molecular formula is C26H40N4O4S. The Kier molecular flexibility index (Phi) is 13.4. The molecule has 0 saturated carbocycles. The van der Waals surface area contributed by atoms with Gasteiger partial charge < -0.3 is 4.55 Å². The molecule has 0 radical (unpaired) electrons. The molecule has 0 amide bonds. The van der Waals surface area contributed by atoms with Crippen molar-refractivity contribution < 1.29 is 22.3 Å². The Labute approximate surface area is 210 Å². The van der Waals surface area contributed by atoms with Crippen LogP contribution < -0.4 is 15.7 Å². The fraction of sp³-hybridized carbons (Fsp3) is 0.500. The summed E-state index contributed by atoms with van der Waals surface area (Å²) < 4.78 is 34.5. The SMILES string of the molecule is CC1=N[NH+](c2ccccc2)N(c2ccccc2)N1.CCCCCCCCCCCCOS(=O)(=O)[O-]. The van der Waals surface area contributed by atoms with E-state index in [2.05, 4.69) is 45.9 Å². The van der Waals surface area contributed by atoms with Gasteiger partial charge in [-0.15, -0.1) is 0 Å². The van der Waals surface area contributed by atoms with Gasteiger partial charge in [0.15, 0.2) is 11.5 Å². The van der Waals surface area contributed by atoms with Gasteiger partial charge in [0.1, 0.15) is 5.69 Å². The highest BCUT2D eigenvalue weighted by molar-refractivity contribution is 7.80. The van der Waals surface area contributed by atoms with E-state index in [4.69, 9.17) is 0 Å². The van der Waals surface area contributed by atoms with Crippen LogP contribution in [0.2, 0.25) is 0 Å². The van der Waals surface area contributed by atoms with Gasteiger partial charge >= 0.3 is 0 Å². The summed E-state index contributed by atoms with van der Waals surface area (Å²) in [7, 11) is -4.48. The molecule has 3 rings (SSSR count). The Hall–Kier alpha value is -2.46. The van der Waals surface area contributed by atoms with Crippen molar-refractivity contribution in [2.75, 3.05) is 11.7 Å². The van der Waals surface area contributed by atoms with E-state index in [0.29, 0.717) is 6.42 Å². The van der Waals surface area contributed by atoms with Crippen LogP contribution in [0.4, 0.5) is 11.4 Å². The number of quaternary nitrogens is 1. The van der Waals surface area contributed by atoms with Gasteiger partial charge in [0.2, 0.25) is 10.4 Å². The average Bonchev–Trinajstić information content (AvgIpc) is 3.25. The predicted molar refractivity (Wildman–Crippen MR) is 140 cm³/mol. The molecule has 194 valence electrons. The van der Waals surface area contributed by atoms with E-state index in [9.17, 15) is 13.0 Å². The van der Waals surface area contributed by atoms with Crippen molar-refractivity contribution in [3.05, 3.63) is 60.7 Å². The highest BCUT2D eigenvalue weighted by Gasteiger charge is 2.29. The highest BCUT2D eigenvalue weighted by Crippen LogP contribution is 2.12. The van der Waals surface area contributed by atoms with Crippen LogP contribution in [-0.4, -0.2) is 25.4 Å². The fourth-order valence-corrected chi connectivity index (χ4v) is 4.07. The lowest BCUT2D eigenvalue weighted by Crippen LogP contribution is -3.10. The first kappa shape index (κ1) is 28.8. The van der Waals surface area contributed by atoms with E-state index in [0.717, 1.165) is 35.2 Å². The Morgan fingerprint density at radius 2 is 1.37 bits per heavy atom. The first-order valence-corrected chi connectivity index (χ1v) is 13.9. The van der Waals surface area contributed by atoms with E-state index in [-0.39, 0.29) is 6.61 Å². The number of hydrogen-bond donors (Lipinski definition) is 2. The average molecular weight is 505 g/mol. The molecule has 1 unspecified atom stereocenters. The molecule has 35 heavy (non-hydrogen) atoms. The maximum atomic E-state index is 10.1. The molecule has 1 aliphatic heterocycles. The maximum absolute atomic E-state index is 10.1. The van der Waals surface area contributed by atoms with Crippen LogP contribution in [0.3, 0.4) is 0 Å². The first-order valence-electron chi connectivity index (χ1n) is 12.6. The molecule has 8 nitrogen and oxygen atoms in total. The van der Waals surface area contributed by atoms with Crippen molar-refractivity contribution >= 4 is 27.6 Å². The minimum atomic E-state index is -4.48. The van der Waals surface area contributed by atoms with E-state index in [1.165, 1.54) is 44.9 Å². The zero-order valence-electron chi connectivity index (χ0n) is 21.0. The lowest BCUT2D eigenvalue weighted by molar-refractivity contribution is -0.846. The molecule has 2 aromatic carbocycles. The van der Waals surface area contributed by atoms with Gasteiger partial charge in [0.05, 0.1) is 6.61 Å². The van der Waals surface area contributed by atoms with Gasteiger partial charge in [0, 0.05) is 19.1 Å². The molecular weight excluding hydrogens is 464 g/mol. The topological polar surface area (TPSA) is 98.5 Å². The molecule has 0 bridgehead atoms. The Balaban J connectivity index is 0.000000248. The normalized spacial score (nSPS) is 15.2. The Bertz CT molecular complexity index is 956. The third-order valence-corrected chi connectivity index (χ3v) is 5.99. The summed E-state index contributed by atoms with van der Waals surface area (Å²) in [5, 5.41) is 7.50. The lowest BCUT2D eigenvalue weighted by Gasteiger charge is -2.21. The van der Waals surface area contributed by atoms with Crippen LogP contribution in [0.15, 0.2) is 65.8 Å². The van der Waals surface area contributed by atoms with Crippen molar-refractivity contribution in [1.29, 1.82) is 0 Å². The van der Waals surface area contributed by atoms with Gasteiger partial charge in [-0.2, -0.15) is 0 Å². The smallest absolute Gasteiger partial charge is 0.217 e. The maximum Gasteiger partial charge on any atom is 0.217 e. The molecule has 0 saturated heterocycles. The van der Waals surface area contributed by atoms with Gasteiger partial charge in [-0.25, -0.2) is 13.8 Å². The lowest BCUT2D eigenvalue weighted by atomic mass is 10.1. The van der Waals surface area contributed by atoms with E-state index >= 15 is 0 Å². The van der Waals surface area contributed by atoms with Crippen molar-refractivity contribution in [2.24, 2.45) is 5.10 Å². The second kappa shape index (κ2) is 16.3. The van der Waals surface area contributed by atoms with Gasteiger partial charge in [-0.3, -0.25) is 4.18 Å². The second-order valence-corrected chi connectivity index (χ2v) is 9.63. The summed E-state index contributed by atoms with van der Waals surface area (Å²) in [5.41, 5.74) is 5.45. The Morgan fingerprint density at radius 3 is 1.91 bits per heavy atom. The number of amidine groups is 1. The molecule has 0 aliphatic carbocycles. The number of hydrogen-bond acceptors (Lipinski definition) is 7. The third-order valence-electron chi connectivity index (χ3n) is 5.53. The summed E-state index contributed by atoms with van der Waals surface area (Å²) in [6.45, 7) is 4.21. The quantitative estimate of drug-likeness (QED) is 0.217. The standard InChI is InChI=1S/C14H14N4.C12H26O4S/c1-12-15-17(13-8-4-2-5-9-13)18(16-12)14-10-6-3-7-11-14;1-2-3-4-5-6-7-8-9-10-11-12-16-17(13,14)15/h2-11H,1H3,(H,15,16);2-12H2,1H3,(H,13,14,15). The number of benzene rings is 2. The van der Waals surface area contributed by atoms with Crippen LogP contribution >= 0.6 is 0 Å². The molecule has 2 aromatic rings. The number of unbranched alkanes of at least 4 members (excludes halogenated alkanes) is 9. The van der Waals surface area contributed by atoms with Gasteiger partial charge in [0.25, 0.3) is 0 Å². The minimum Gasteiger partial charge on any atom is -0.726 e. The Morgan fingerprint density at radius 1 is 0.857 bits per heavy atom. The molecule has 0 fully saturated rings. The second-order valence-electron chi connectivity index (χ2n) is 8.58. The summed E-state index contributed by atoms with van der Waals surface area (Å²) in [4.78, 5) is 0. The van der Waals surface area contributed by atoms with E-state index in [1.807, 2.05) is 48.4 Å². The molecule has 9 heteroatoms. The summed E-state index contributed by atoms with van der Waals surface area (Å²) in [6.07, 6.45) is 11.7. The van der Waals surface area contributed by atoms with Crippen molar-refractivity contribution in [2.45, 2.75) is 78.1 Å². The third kappa shape index (κ3) is 12.2. The highest BCUT2D eigenvalue weighted by atomic mass is 32.3. The molecule has 2 N–H and O–H groups in total. The summed E-state index contributed by atoms with van der Waals surface area (Å²) in [6, 6.07) is 20.4. The van der Waals surface area contributed by atoms with Crippen molar-refractivity contribution in [3.63, 3.8) is 0 Å². The van der Waals surface area contributed by atoms with Crippen LogP contribution in [-0.2, 0) is 14.6 Å². The van der Waals surface area contributed by atoms with Crippen LogP contribution in [0.5, 0.6) is 0 Å². The first-order chi connectivity index (χ1) is 16.9. The number of rotatable bonds is 14. The molecule has 1 atom stereocenters. The van der Waals surface area contributed by atoms with Crippen molar-refractivity contribution in [1.82, 2.24) is 5.43 Å². The fourth-order valence-electron chi connectivity index (χ4n) is 3.74. The van der Waals surface area contributed by atoms with E-state index < -0.39 is 10.4 Å². The number of nitrogens with one attached hydrogen (secondary N) is 2.